The van der Waals surface area contributed by atoms with E-state index in [4.69, 9.17) is 5.26 Å². The van der Waals surface area contributed by atoms with E-state index < -0.39 is 0 Å². The highest BCUT2D eigenvalue weighted by Gasteiger charge is 2.26. The third kappa shape index (κ3) is 7.08. The Labute approximate surface area is 234 Å². The van der Waals surface area contributed by atoms with Gasteiger partial charge in [-0.25, -0.2) is 9.37 Å². The van der Waals surface area contributed by atoms with Crippen LogP contribution in [0.2, 0.25) is 0 Å². The van der Waals surface area contributed by atoms with Crippen LogP contribution >= 0.6 is 0 Å². The van der Waals surface area contributed by atoms with Gasteiger partial charge in [0.2, 0.25) is 5.91 Å². The molecule has 0 aliphatic carbocycles. The average Bonchev–Trinajstić information content (AvgIpc) is 2.99. The zero-order chi connectivity index (χ0) is 27.9. The maximum Gasteiger partial charge on any atom is 0.255 e. The first-order chi connectivity index (χ1) is 19.5. The summed E-state index contributed by atoms with van der Waals surface area (Å²) in [5, 5.41) is 11.9. The highest BCUT2D eigenvalue weighted by molar-refractivity contribution is 5.95. The number of anilines is 1. The van der Waals surface area contributed by atoms with Gasteiger partial charge in [0.1, 0.15) is 11.6 Å². The van der Waals surface area contributed by atoms with Gasteiger partial charge in [0.05, 0.1) is 17.2 Å². The Hall–Kier alpha value is -4.13. The number of carbonyl (C=O) groups is 2. The van der Waals surface area contributed by atoms with Crippen LogP contribution in [0.3, 0.4) is 0 Å². The molecule has 0 bridgehead atoms. The van der Waals surface area contributed by atoms with Crippen LogP contribution in [0.25, 0.3) is 0 Å². The van der Waals surface area contributed by atoms with Gasteiger partial charge in [-0.2, -0.15) is 5.26 Å². The maximum absolute atomic E-state index is 13.1. The third-order valence-corrected chi connectivity index (χ3v) is 7.69. The van der Waals surface area contributed by atoms with E-state index in [2.05, 4.69) is 26.2 Å². The molecule has 9 heteroatoms. The number of piperidine rings is 1. The van der Waals surface area contributed by atoms with E-state index in [-0.39, 0.29) is 23.5 Å². The van der Waals surface area contributed by atoms with Crippen molar-refractivity contribution in [2.24, 2.45) is 5.92 Å². The number of nitriles is 1. The summed E-state index contributed by atoms with van der Waals surface area (Å²) in [6, 6.07) is 19.7. The standard InChI is InChI=1S/C31H33FN6O2/c32-28-8-5-25(6-9-28)22-37-15-17-38(18-16-37)31(40)27-7-10-29(34-20-27)35-30(39)26-11-13-36(14-12-26)21-24-3-1-23(19-33)2-4-24/h1-10,20,26H,11-18,21-22H2,(H,34,35,39). The molecule has 3 aromatic rings. The highest BCUT2D eigenvalue weighted by Crippen LogP contribution is 2.21. The summed E-state index contributed by atoms with van der Waals surface area (Å²) in [6.45, 7) is 5.92. The van der Waals surface area contributed by atoms with Gasteiger partial charge in [-0.05, 0) is 73.5 Å². The number of amides is 2. The summed E-state index contributed by atoms with van der Waals surface area (Å²) < 4.78 is 13.1. The monoisotopic (exact) mass is 540 g/mol. The number of hydrogen-bond acceptors (Lipinski definition) is 6. The van der Waals surface area contributed by atoms with Crippen LogP contribution in [-0.4, -0.2) is 70.8 Å². The van der Waals surface area contributed by atoms with E-state index in [1.165, 1.54) is 18.3 Å². The molecule has 2 fully saturated rings. The van der Waals surface area contributed by atoms with Gasteiger partial charge in [-0.3, -0.25) is 19.4 Å². The van der Waals surface area contributed by atoms with Gasteiger partial charge < -0.3 is 10.2 Å². The van der Waals surface area contributed by atoms with Gasteiger partial charge in [0.15, 0.2) is 0 Å². The number of hydrogen-bond donors (Lipinski definition) is 1. The fourth-order valence-electron chi connectivity index (χ4n) is 5.26. The molecule has 2 aliphatic rings. The number of piperazine rings is 1. The molecule has 2 aliphatic heterocycles. The topological polar surface area (TPSA) is 92.6 Å². The third-order valence-electron chi connectivity index (χ3n) is 7.69. The minimum Gasteiger partial charge on any atom is -0.336 e. The van der Waals surface area contributed by atoms with Gasteiger partial charge in [0.25, 0.3) is 5.91 Å². The number of nitrogens with zero attached hydrogens (tertiary/aromatic N) is 5. The second kappa shape index (κ2) is 12.8. The van der Waals surface area contributed by atoms with Crippen molar-refractivity contribution in [1.29, 1.82) is 5.26 Å². The first-order valence-corrected chi connectivity index (χ1v) is 13.7. The molecule has 3 heterocycles. The summed E-state index contributed by atoms with van der Waals surface area (Å²) in [5.74, 6) is 0.0246. The first-order valence-electron chi connectivity index (χ1n) is 13.7. The predicted octanol–water partition coefficient (Wildman–Crippen LogP) is 3.90. The minimum absolute atomic E-state index is 0.0399. The Kier molecular flexibility index (Phi) is 8.79. The van der Waals surface area contributed by atoms with E-state index in [1.54, 1.807) is 24.3 Å². The molecule has 206 valence electrons. The van der Waals surface area contributed by atoms with Crippen molar-refractivity contribution in [1.82, 2.24) is 19.7 Å². The molecule has 40 heavy (non-hydrogen) atoms. The van der Waals surface area contributed by atoms with Crippen LogP contribution in [-0.2, 0) is 17.9 Å². The highest BCUT2D eigenvalue weighted by atomic mass is 19.1. The molecule has 0 unspecified atom stereocenters. The molecule has 0 saturated carbocycles. The molecule has 2 aromatic carbocycles. The van der Waals surface area contributed by atoms with Crippen molar-refractivity contribution in [2.75, 3.05) is 44.6 Å². The van der Waals surface area contributed by atoms with Crippen molar-refractivity contribution < 1.29 is 14.0 Å². The molecular formula is C31H33FN6O2. The molecule has 8 nitrogen and oxygen atoms in total. The number of aromatic nitrogens is 1. The zero-order valence-electron chi connectivity index (χ0n) is 22.4. The number of pyridine rings is 1. The van der Waals surface area contributed by atoms with E-state index in [0.29, 0.717) is 30.0 Å². The van der Waals surface area contributed by atoms with Crippen molar-refractivity contribution in [3.05, 3.63) is 94.9 Å². The molecule has 2 amide bonds. The summed E-state index contributed by atoms with van der Waals surface area (Å²) in [6.07, 6.45) is 3.07. The SMILES string of the molecule is N#Cc1ccc(CN2CCC(C(=O)Nc3ccc(C(=O)N4CCN(Cc5ccc(F)cc5)CC4)cn3)CC2)cc1. The Morgan fingerprint density at radius 3 is 2.02 bits per heavy atom. The summed E-state index contributed by atoms with van der Waals surface area (Å²) in [5.41, 5.74) is 3.37. The number of halogens is 1. The number of carbonyl (C=O) groups excluding carboxylic acids is 2. The van der Waals surface area contributed by atoms with E-state index in [0.717, 1.165) is 63.2 Å². The largest absolute Gasteiger partial charge is 0.336 e. The number of benzene rings is 2. The molecular weight excluding hydrogens is 507 g/mol. The van der Waals surface area contributed by atoms with Gasteiger partial charge in [-0.15, -0.1) is 0 Å². The minimum atomic E-state index is -0.240. The van der Waals surface area contributed by atoms with Gasteiger partial charge in [-0.1, -0.05) is 24.3 Å². The second-order valence-corrected chi connectivity index (χ2v) is 10.5. The quantitative estimate of drug-likeness (QED) is 0.489. The Morgan fingerprint density at radius 1 is 0.850 bits per heavy atom. The van der Waals surface area contributed by atoms with Gasteiger partial charge >= 0.3 is 0 Å². The molecule has 0 spiro atoms. The van der Waals surface area contributed by atoms with E-state index in [9.17, 15) is 14.0 Å². The number of nitrogens with one attached hydrogen (secondary N) is 1. The van der Waals surface area contributed by atoms with Crippen molar-refractivity contribution in [2.45, 2.75) is 25.9 Å². The molecule has 0 radical (unpaired) electrons. The predicted molar refractivity (Wildman–Crippen MR) is 150 cm³/mol. The lowest BCUT2D eigenvalue weighted by Crippen LogP contribution is -2.48. The zero-order valence-corrected chi connectivity index (χ0v) is 22.4. The number of rotatable bonds is 7. The van der Waals surface area contributed by atoms with Crippen LogP contribution in [0.1, 0.15) is 39.9 Å². The van der Waals surface area contributed by atoms with Crippen molar-refractivity contribution in [3.63, 3.8) is 0 Å². The fraction of sp³-hybridized carbons (Fsp3) is 0.355. The van der Waals surface area contributed by atoms with Crippen LogP contribution in [0.4, 0.5) is 10.2 Å². The smallest absolute Gasteiger partial charge is 0.255 e. The maximum atomic E-state index is 13.1. The summed E-state index contributed by atoms with van der Waals surface area (Å²) >= 11 is 0. The summed E-state index contributed by atoms with van der Waals surface area (Å²) in [4.78, 5) is 36.6. The lowest BCUT2D eigenvalue weighted by molar-refractivity contribution is -0.121. The van der Waals surface area contributed by atoms with Crippen molar-refractivity contribution in [3.8, 4) is 6.07 Å². The Balaban J connectivity index is 1.05. The second-order valence-electron chi connectivity index (χ2n) is 10.5. The van der Waals surface area contributed by atoms with Gasteiger partial charge in [0, 0.05) is 51.4 Å². The fourth-order valence-corrected chi connectivity index (χ4v) is 5.26. The van der Waals surface area contributed by atoms with Crippen LogP contribution in [0.15, 0.2) is 66.9 Å². The molecule has 0 atom stereocenters. The first kappa shape index (κ1) is 27.4. The average molecular weight is 541 g/mol. The summed E-state index contributed by atoms with van der Waals surface area (Å²) in [7, 11) is 0. The van der Waals surface area contributed by atoms with Crippen LogP contribution in [0, 0.1) is 23.1 Å². The van der Waals surface area contributed by atoms with E-state index >= 15 is 0 Å². The number of likely N-dealkylation sites (tertiary alicyclic amines) is 1. The van der Waals surface area contributed by atoms with Crippen LogP contribution in [0.5, 0.6) is 0 Å². The van der Waals surface area contributed by atoms with E-state index in [1.807, 2.05) is 29.2 Å². The normalized spacial score (nSPS) is 16.9. The molecule has 2 saturated heterocycles. The molecule has 1 N–H and O–H groups in total. The molecule has 1 aromatic heterocycles. The molecule has 5 rings (SSSR count). The Bertz CT molecular complexity index is 1340. The van der Waals surface area contributed by atoms with Crippen LogP contribution < -0.4 is 5.32 Å². The lowest BCUT2D eigenvalue weighted by Gasteiger charge is -2.34. The lowest BCUT2D eigenvalue weighted by atomic mass is 9.95. The van der Waals surface area contributed by atoms with Crippen molar-refractivity contribution >= 4 is 17.6 Å². The Morgan fingerprint density at radius 2 is 1.45 bits per heavy atom.